The van der Waals surface area contributed by atoms with Crippen molar-refractivity contribution < 1.29 is 13.3 Å². The van der Waals surface area contributed by atoms with Crippen molar-refractivity contribution in [3.05, 3.63) is 48.7 Å². The summed E-state index contributed by atoms with van der Waals surface area (Å²) in [5.74, 6) is -0.114. The fraction of sp³-hybridized carbons (Fsp3) is 0. The highest BCUT2D eigenvalue weighted by molar-refractivity contribution is 5.86. The Morgan fingerprint density at radius 2 is 1.83 bits per heavy atom. The van der Waals surface area contributed by atoms with E-state index in [9.17, 15) is 4.39 Å². The molecular formula is C13H9FN2O2. The van der Waals surface area contributed by atoms with Gasteiger partial charge in [0.25, 0.3) is 0 Å². The first-order valence-corrected chi connectivity index (χ1v) is 5.29. The van der Waals surface area contributed by atoms with Gasteiger partial charge in [-0.25, -0.2) is 4.39 Å². The van der Waals surface area contributed by atoms with Crippen LogP contribution in [0.5, 0.6) is 0 Å². The Morgan fingerprint density at radius 3 is 2.50 bits per heavy atom. The standard InChI is InChI=1S/C13H9FN2O2/c14-10-3-1-8(2-4-10)11-12(16-18-13(11)15)9-5-6-17-7-9/h1-7H,15H2. The first-order chi connectivity index (χ1) is 8.75. The van der Waals surface area contributed by atoms with Crippen molar-refractivity contribution in [1.82, 2.24) is 5.16 Å². The second-order valence-electron chi connectivity index (χ2n) is 3.79. The molecule has 0 unspecified atom stereocenters. The quantitative estimate of drug-likeness (QED) is 0.750. The van der Waals surface area contributed by atoms with Gasteiger partial charge in [-0.1, -0.05) is 17.3 Å². The maximum absolute atomic E-state index is 12.9. The lowest BCUT2D eigenvalue weighted by Crippen LogP contribution is -1.87. The van der Waals surface area contributed by atoms with Crippen LogP contribution in [-0.4, -0.2) is 5.16 Å². The van der Waals surface area contributed by atoms with Gasteiger partial charge >= 0.3 is 0 Å². The molecule has 5 heteroatoms. The molecule has 0 radical (unpaired) electrons. The number of furan rings is 1. The van der Waals surface area contributed by atoms with Gasteiger partial charge in [0.1, 0.15) is 11.5 Å². The van der Waals surface area contributed by atoms with Gasteiger partial charge in [-0.2, -0.15) is 0 Å². The SMILES string of the molecule is Nc1onc(-c2ccoc2)c1-c1ccc(F)cc1. The molecule has 0 atom stereocenters. The zero-order valence-corrected chi connectivity index (χ0v) is 9.26. The van der Waals surface area contributed by atoms with Crippen LogP contribution in [0.2, 0.25) is 0 Å². The van der Waals surface area contributed by atoms with E-state index in [4.69, 9.17) is 14.7 Å². The van der Waals surface area contributed by atoms with Gasteiger partial charge in [0.2, 0.25) is 5.88 Å². The third-order valence-electron chi connectivity index (χ3n) is 2.65. The maximum Gasteiger partial charge on any atom is 0.230 e. The second-order valence-corrected chi connectivity index (χ2v) is 3.79. The molecule has 2 aromatic heterocycles. The Balaban J connectivity index is 2.17. The molecule has 0 fully saturated rings. The zero-order valence-electron chi connectivity index (χ0n) is 9.26. The first-order valence-electron chi connectivity index (χ1n) is 5.29. The van der Waals surface area contributed by atoms with Crippen molar-refractivity contribution in [3.8, 4) is 22.4 Å². The Labute approximate surface area is 102 Å². The van der Waals surface area contributed by atoms with E-state index >= 15 is 0 Å². The van der Waals surface area contributed by atoms with Crippen LogP contribution in [0, 0.1) is 5.82 Å². The average molecular weight is 244 g/mol. The van der Waals surface area contributed by atoms with E-state index in [-0.39, 0.29) is 11.7 Å². The molecule has 0 saturated heterocycles. The van der Waals surface area contributed by atoms with Crippen molar-refractivity contribution in [2.75, 3.05) is 5.73 Å². The summed E-state index contributed by atoms with van der Waals surface area (Å²) in [7, 11) is 0. The predicted molar refractivity (Wildman–Crippen MR) is 64.0 cm³/mol. The van der Waals surface area contributed by atoms with Gasteiger partial charge in [-0.15, -0.1) is 0 Å². The smallest absolute Gasteiger partial charge is 0.230 e. The monoisotopic (exact) mass is 244 g/mol. The zero-order chi connectivity index (χ0) is 12.5. The summed E-state index contributed by atoms with van der Waals surface area (Å²) in [5.41, 5.74) is 8.48. The summed E-state index contributed by atoms with van der Waals surface area (Å²) in [5, 5.41) is 3.90. The highest BCUT2D eigenvalue weighted by atomic mass is 19.1. The van der Waals surface area contributed by atoms with Crippen LogP contribution >= 0.6 is 0 Å². The highest BCUT2D eigenvalue weighted by Gasteiger charge is 2.18. The molecule has 2 heterocycles. The van der Waals surface area contributed by atoms with Crippen LogP contribution < -0.4 is 5.73 Å². The fourth-order valence-electron chi connectivity index (χ4n) is 1.79. The number of anilines is 1. The largest absolute Gasteiger partial charge is 0.472 e. The number of nitrogens with zero attached hydrogens (tertiary/aromatic N) is 1. The lowest BCUT2D eigenvalue weighted by atomic mass is 10.0. The van der Waals surface area contributed by atoms with Gasteiger partial charge in [-0.3, -0.25) is 0 Å². The number of rotatable bonds is 2. The van der Waals surface area contributed by atoms with E-state index < -0.39 is 0 Å². The number of nitrogens with two attached hydrogens (primary N) is 1. The minimum Gasteiger partial charge on any atom is -0.472 e. The predicted octanol–water partition coefficient (Wildman–Crippen LogP) is 3.32. The van der Waals surface area contributed by atoms with Crippen LogP contribution in [0.15, 0.2) is 51.8 Å². The summed E-state index contributed by atoms with van der Waals surface area (Å²) >= 11 is 0. The Hall–Kier alpha value is -2.56. The van der Waals surface area contributed by atoms with Crippen LogP contribution in [0.3, 0.4) is 0 Å². The second kappa shape index (κ2) is 4.03. The number of nitrogen functional groups attached to an aromatic ring is 1. The van der Waals surface area contributed by atoms with Gasteiger partial charge in [-0.05, 0) is 23.8 Å². The molecule has 3 rings (SSSR count). The van der Waals surface area contributed by atoms with Gasteiger partial charge in [0.05, 0.1) is 18.1 Å². The minimum atomic E-state index is -0.307. The highest BCUT2D eigenvalue weighted by Crippen LogP contribution is 2.36. The number of hydrogen-bond donors (Lipinski definition) is 1. The molecule has 0 bridgehead atoms. The molecule has 0 aliphatic carbocycles. The fourth-order valence-corrected chi connectivity index (χ4v) is 1.79. The van der Waals surface area contributed by atoms with Crippen LogP contribution in [0.4, 0.5) is 10.3 Å². The van der Waals surface area contributed by atoms with Crippen molar-refractivity contribution in [1.29, 1.82) is 0 Å². The van der Waals surface area contributed by atoms with E-state index in [2.05, 4.69) is 5.16 Å². The number of hydrogen-bond acceptors (Lipinski definition) is 4. The lowest BCUT2D eigenvalue weighted by Gasteiger charge is -2.00. The number of halogens is 1. The lowest BCUT2D eigenvalue weighted by molar-refractivity contribution is 0.439. The number of aromatic nitrogens is 1. The normalized spacial score (nSPS) is 10.7. The van der Waals surface area contributed by atoms with E-state index in [0.717, 1.165) is 11.1 Å². The van der Waals surface area contributed by atoms with E-state index in [1.54, 1.807) is 24.5 Å². The van der Waals surface area contributed by atoms with Gasteiger partial charge < -0.3 is 14.7 Å². The van der Waals surface area contributed by atoms with Crippen molar-refractivity contribution in [2.24, 2.45) is 0 Å². The summed E-state index contributed by atoms with van der Waals surface area (Å²) in [4.78, 5) is 0. The molecule has 4 nitrogen and oxygen atoms in total. The molecule has 3 aromatic rings. The van der Waals surface area contributed by atoms with Crippen molar-refractivity contribution >= 4 is 5.88 Å². The molecule has 0 aliphatic rings. The van der Waals surface area contributed by atoms with Crippen LogP contribution in [0.1, 0.15) is 0 Å². The summed E-state index contributed by atoms with van der Waals surface area (Å²) in [6.45, 7) is 0. The third-order valence-corrected chi connectivity index (χ3v) is 2.65. The van der Waals surface area contributed by atoms with Crippen LogP contribution in [-0.2, 0) is 0 Å². The summed E-state index contributed by atoms with van der Waals surface area (Å²) in [6, 6.07) is 7.73. The van der Waals surface area contributed by atoms with E-state index in [1.165, 1.54) is 18.4 Å². The molecule has 1 aromatic carbocycles. The first kappa shape index (κ1) is 10.6. The third kappa shape index (κ3) is 1.66. The Morgan fingerprint density at radius 1 is 1.06 bits per heavy atom. The molecular weight excluding hydrogens is 235 g/mol. The molecule has 0 spiro atoms. The topological polar surface area (TPSA) is 65.2 Å². The van der Waals surface area contributed by atoms with Gasteiger partial charge in [0, 0.05) is 5.56 Å². The summed E-state index contributed by atoms with van der Waals surface area (Å²) in [6.07, 6.45) is 3.08. The molecule has 18 heavy (non-hydrogen) atoms. The van der Waals surface area contributed by atoms with Crippen LogP contribution in [0.25, 0.3) is 22.4 Å². The Kier molecular flexibility index (Phi) is 2.37. The minimum absolute atomic E-state index is 0.192. The van der Waals surface area contributed by atoms with Crippen molar-refractivity contribution in [2.45, 2.75) is 0 Å². The van der Waals surface area contributed by atoms with E-state index in [0.29, 0.717) is 11.3 Å². The average Bonchev–Trinajstić information content (AvgIpc) is 2.99. The molecule has 0 amide bonds. The molecule has 0 aliphatic heterocycles. The summed E-state index contributed by atoms with van der Waals surface area (Å²) < 4.78 is 22.9. The molecule has 0 saturated carbocycles. The van der Waals surface area contributed by atoms with Gasteiger partial charge in [0.15, 0.2) is 0 Å². The number of benzene rings is 1. The Bertz CT molecular complexity index is 657. The maximum atomic E-state index is 12.9. The van der Waals surface area contributed by atoms with Crippen molar-refractivity contribution in [3.63, 3.8) is 0 Å². The molecule has 90 valence electrons. The molecule has 2 N–H and O–H groups in total. The van der Waals surface area contributed by atoms with E-state index in [1.807, 2.05) is 0 Å².